The number of nitrogens with one attached hydrogen (secondary N) is 1. The number of carboxylic acid groups (broad SMARTS) is 1. The molecule has 216 valence electrons. The third-order valence-electron chi connectivity index (χ3n) is 7.47. The number of hydrogen-bond donors (Lipinski definition) is 2. The number of unbranched alkanes of at least 4 members (excludes halogenated alkanes) is 1. The number of aliphatic carboxylic acids is 1. The third kappa shape index (κ3) is 7.74. The molecule has 0 atom stereocenters. The summed E-state index contributed by atoms with van der Waals surface area (Å²) in [5, 5.41) is 11.8. The van der Waals surface area contributed by atoms with Gasteiger partial charge in [0, 0.05) is 37.8 Å². The number of hydrogen-bond acceptors (Lipinski definition) is 4. The summed E-state index contributed by atoms with van der Waals surface area (Å²) in [5.74, 6) is -5.96. The zero-order chi connectivity index (χ0) is 29.4. The number of alkyl halides is 2. The van der Waals surface area contributed by atoms with Gasteiger partial charge in [0.1, 0.15) is 5.82 Å². The number of carbonyl (C=O) groups is 2. The monoisotopic (exact) mass is 565 g/mol. The maximum Gasteiger partial charge on any atom is 0.374 e. The number of amides is 1. The van der Waals surface area contributed by atoms with E-state index in [0.29, 0.717) is 47.2 Å². The Morgan fingerprint density at radius 3 is 2.27 bits per heavy atom. The van der Waals surface area contributed by atoms with E-state index in [0.717, 1.165) is 12.8 Å². The van der Waals surface area contributed by atoms with Gasteiger partial charge >= 0.3 is 11.9 Å². The van der Waals surface area contributed by atoms with Crippen LogP contribution in [-0.4, -0.2) is 53.7 Å². The molecule has 1 aliphatic heterocycles. The highest BCUT2D eigenvalue weighted by molar-refractivity contribution is 6.03. The second-order valence-corrected chi connectivity index (χ2v) is 10.2. The van der Waals surface area contributed by atoms with Crippen molar-refractivity contribution in [1.29, 1.82) is 0 Å². The zero-order valence-electron chi connectivity index (χ0n) is 23.0. The van der Waals surface area contributed by atoms with Crippen molar-refractivity contribution in [3.8, 4) is 0 Å². The number of likely N-dealkylation sites (tertiary alicyclic amines) is 1. The number of piperidine rings is 1. The first-order valence-corrected chi connectivity index (χ1v) is 13.8. The SMILES string of the molecule is CNc1cc(C(=O)N2CCC(c3ccccc3)CC2)ccc1N=C(CCCCC(F)(F)C(=O)O)c1ccc(F)cc1. The number of rotatable bonds is 11. The molecule has 1 heterocycles. The average molecular weight is 566 g/mol. The van der Waals surface area contributed by atoms with Gasteiger partial charge < -0.3 is 15.3 Å². The Morgan fingerprint density at radius 1 is 0.976 bits per heavy atom. The first-order chi connectivity index (χ1) is 19.7. The van der Waals surface area contributed by atoms with Crippen LogP contribution in [0.3, 0.4) is 0 Å². The zero-order valence-corrected chi connectivity index (χ0v) is 23.0. The van der Waals surface area contributed by atoms with Crippen molar-refractivity contribution < 1.29 is 27.9 Å². The van der Waals surface area contributed by atoms with Crippen molar-refractivity contribution >= 4 is 29.0 Å². The van der Waals surface area contributed by atoms with Crippen molar-refractivity contribution in [3.63, 3.8) is 0 Å². The highest BCUT2D eigenvalue weighted by Gasteiger charge is 2.37. The number of halogens is 3. The smallest absolute Gasteiger partial charge is 0.374 e. The maximum atomic E-state index is 13.6. The quantitative estimate of drug-likeness (QED) is 0.189. The molecule has 0 aliphatic carbocycles. The van der Waals surface area contributed by atoms with Crippen LogP contribution in [-0.2, 0) is 4.79 Å². The first kappa shape index (κ1) is 29.8. The van der Waals surface area contributed by atoms with E-state index in [9.17, 15) is 22.8 Å². The van der Waals surface area contributed by atoms with Gasteiger partial charge in [-0.25, -0.2) is 9.18 Å². The standard InChI is InChI=1S/C32H34F3N3O3/c1-36-29-21-25(30(39)38-19-16-23(17-20-38)22-7-3-2-4-8-22)12-15-28(29)37-27(24-10-13-26(33)14-11-24)9-5-6-18-32(34,35)31(40)41/h2-4,7-8,10-15,21,23,36H,5-6,9,16-20H2,1H3,(H,40,41). The molecule has 1 saturated heterocycles. The molecular formula is C32H34F3N3O3. The van der Waals surface area contributed by atoms with Gasteiger partial charge in [0.25, 0.3) is 5.91 Å². The van der Waals surface area contributed by atoms with Crippen molar-refractivity contribution in [1.82, 2.24) is 4.90 Å². The van der Waals surface area contributed by atoms with Gasteiger partial charge in [-0.15, -0.1) is 0 Å². The predicted octanol–water partition coefficient (Wildman–Crippen LogP) is 7.29. The van der Waals surface area contributed by atoms with Crippen molar-refractivity contribution in [3.05, 3.63) is 95.3 Å². The van der Waals surface area contributed by atoms with E-state index < -0.39 is 24.1 Å². The van der Waals surface area contributed by atoms with E-state index >= 15 is 0 Å². The first-order valence-electron chi connectivity index (χ1n) is 13.8. The summed E-state index contributed by atoms with van der Waals surface area (Å²) in [6.45, 7) is 1.34. The Labute approximate surface area is 237 Å². The number of carbonyl (C=O) groups excluding carboxylic acids is 1. The van der Waals surface area contributed by atoms with Crippen molar-refractivity contribution in [2.75, 3.05) is 25.5 Å². The summed E-state index contributed by atoms with van der Waals surface area (Å²) >= 11 is 0. The number of benzene rings is 3. The van der Waals surface area contributed by atoms with Gasteiger partial charge in [0.05, 0.1) is 11.4 Å². The van der Waals surface area contributed by atoms with Crippen LogP contribution < -0.4 is 5.32 Å². The predicted molar refractivity (Wildman–Crippen MR) is 154 cm³/mol. The van der Waals surface area contributed by atoms with Gasteiger partial charge in [-0.05, 0) is 79.5 Å². The highest BCUT2D eigenvalue weighted by Crippen LogP contribution is 2.31. The lowest BCUT2D eigenvalue weighted by Gasteiger charge is -2.32. The summed E-state index contributed by atoms with van der Waals surface area (Å²) in [6.07, 6.45) is 1.55. The van der Waals surface area contributed by atoms with Crippen molar-refractivity contribution in [2.45, 2.75) is 50.4 Å². The minimum absolute atomic E-state index is 0.0210. The molecular weight excluding hydrogens is 531 g/mol. The second kappa shape index (κ2) is 13.5. The lowest BCUT2D eigenvalue weighted by Crippen LogP contribution is -2.37. The summed E-state index contributed by atoms with van der Waals surface area (Å²) in [6, 6.07) is 21.3. The Morgan fingerprint density at radius 2 is 1.63 bits per heavy atom. The molecule has 3 aromatic carbocycles. The molecule has 2 N–H and O–H groups in total. The molecule has 9 heteroatoms. The Hall–Kier alpha value is -4.14. The van der Waals surface area contributed by atoms with Gasteiger partial charge in [0.15, 0.2) is 0 Å². The minimum atomic E-state index is -3.79. The van der Waals surface area contributed by atoms with E-state index in [4.69, 9.17) is 10.1 Å². The van der Waals surface area contributed by atoms with Crippen LogP contribution in [0.4, 0.5) is 24.5 Å². The fourth-order valence-electron chi connectivity index (χ4n) is 5.09. The second-order valence-electron chi connectivity index (χ2n) is 10.2. The fraction of sp³-hybridized carbons (Fsp3) is 0.344. The molecule has 0 unspecified atom stereocenters. The van der Waals surface area contributed by atoms with Crippen LogP contribution in [0.2, 0.25) is 0 Å². The van der Waals surface area contributed by atoms with Gasteiger partial charge in [-0.3, -0.25) is 9.79 Å². The molecule has 1 amide bonds. The Bertz CT molecular complexity index is 1370. The molecule has 1 aliphatic rings. The van der Waals surface area contributed by atoms with Gasteiger partial charge in [-0.2, -0.15) is 8.78 Å². The lowest BCUT2D eigenvalue weighted by atomic mass is 9.89. The van der Waals surface area contributed by atoms with E-state index in [1.165, 1.54) is 17.7 Å². The van der Waals surface area contributed by atoms with Gasteiger partial charge in [0.2, 0.25) is 0 Å². The molecule has 3 aromatic rings. The fourth-order valence-corrected chi connectivity index (χ4v) is 5.09. The Balaban J connectivity index is 1.49. The van der Waals surface area contributed by atoms with E-state index in [-0.39, 0.29) is 25.2 Å². The molecule has 0 spiro atoms. The summed E-state index contributed by atoms with van der Waals surface area (Å²) in [5.41, 5.74) is 4.16. The molecule has 6 nitrogen and oxygen atoms in total. The van der Waals surface area contributed by atoms with Crippen LogP contribution in [0, 0.1) is 5.82 Å². The summed E-state index contributed by atoms with van der Waals surface area (Å²) in [7, 11) is 1.72. The van der Waals surface area contributed by atoms with Crippen LogP contribution >= 0.6 is 0 Å². The average Bonchev–Trinajstić information content (AvgIpc) is 2.99. The normalized spacial score (nSPS) is 14.6. The van der Waals surface area contributed by atoms with E-state index in [1.807, 2.05) is 23.1 Å². The van der Waals surface area contributed by atoms with Crippen LogP contribution in [0.1, 0.15) is 65.9 Å². The van der Waals surface area contributed by atoms with Crippen LogP contribution in [0.5, 0.6) is 0 Å². The third-order valence-corrected chi connectivity index (χ3v) is 7.47. The van der Waals surface area contributed by atoms with Crippen molar-refractivity contribution in [2.24, 2.45) is 4.99 Å². The van der Waals surface area contributed by atoms with Crippen LogP contribution in [0.15, 0.2) is 77.8 Å². The van der Waals surface area contributed by atoms with E-state index in [1.54, 1.807) is 37.4 Å². The summed E-state index contributed by atoms with van der Waals surface area (Å²) in [4.78, 5) is 30.7. The Kier molecular flexibility index (Phi) is 9.81. The number of anilines is 1. The largest absolute Gasteiger partial charge is 0.477 e. The molecule has 0 radical (unpaired) electrons. The molecule has 4 rings (SSSR count). The summed E-state index contributed by atoms with van der Waals surface area (Å²) < 4.78 is 40.6. The molecule has 0 aromatic heterocycles. The minimum Gasteiger partial charge on any atom is -0.477 e. The lowest BCUT2D eigenvalue weighted by molar-refractivity contribution is -0.165. The number of aliphatic imine (C=N–C) groups is 1. The van der Waals surface area contributed by atoms with Gasteiger partial charge in [-0.1, -0.05) is 42.5 Å². The topological polar surface area (TPSA) is 82.0 Å². The molecule has 1 fully saturated rings. The molecule has 41 heavy (non-hydrogen) atoms. The molecule has 0 saturated carbocycles. The highest BCUT2D eigenvalue weighted by atomic mass is 19.3. The maximum absolute atomic E-state index is 13.6. The van der Waals surface area contributed by atoms with Crippen LogP contribution in [0.25, 0.3) is 0 Å². The number of nitrogens with zero attached hydrogens (tertiary/aromatic N) is 2. The molecule has 0 bridgehead atoms. The number of carboxylic acids is 1. The van der Waals surface area contributed by atoms with E-state index in [2.05, 4.69) is 17.4 Å².